The zero-order chi connectivity index (χ0) is 20.5. The molecule has 0 aromatic heterocycles. The Morgan fingerprint density at radius 3 is 2.21 bits per heavy atom. The molecule has 0 fully saturated rings. The number of rotatable bonds is 4. The molecule has 28 heavy (non-hydrogen) atoms. The summed E-state index contributed by atoms with van der Waals surface area (Å²) in [7, 11) is -1.98. The number of carbonyl (C=O) groups is 2. The number of methoxy groups -OCH3 is 2. The van der Waals surface area contributed by atoms with Crippen LogP contribution in [0.3, 0.4) is 0 Å². The second-order valence-electron chi connectivity index (χ2n) is 6.16. The van der Waals surface area contributed by atoms with Crippen molar-refractivity contribution in [2.45, 2.75) is 17.7 Å². The highest BCUT2D eigenvalue weighted by molar-refractivity contribution is 7.92. The second kappa shape index (κ2) is 7.59. The molecule has 0 atom stereocenters. The third-order valence-electron chi connectivity index (χ3n) is 4.46. The van der Waals surface area contributed by atoms with Gasteiger partial charge in [0.05, 0.1) is 35.9 Å². The summed E-state index contributed by atoms with van der Waals surface area (Å²) in [4.78, 5) is 23.6. The van der Waals surface area contributed by atoms with Crippen LogP contribution in [-0.4, -0.2) is 41.1 Å². The normalized spacial score (nSPS) is 13.6. The average molecular weight is 407 g/mol. The molecule has 1 aliphatic rings. The highest BCUT2D eigenvalue weighted by Gasteiger charge is 2.32. The molecule has 7 nitrogen and oxygen atoms in total. The predicted octanol–water partition coefficient (Wildman–Crippen LogP) is 2.54. The van der Waals surface area contributed by atoms with Crippen LogP contribution in [0.5, 0.6) is 0 Å². The van der Waals surface area contributed by atoms with Gasteiger partial charge in [0, 0.05) is 6.54 Å². The molecule has 0 unspecified atom stereocenters. The molecule has 3 rings (SSSR count). The number of hydrogen-bond acceptors (Lipinski definition) is 6. The SMILES string of the molecule is COC(=O)c1cc(C(=O)OC)cc(S(=O)(=O)N2CCCc3cccc(F)c32)c1. The fourth-order valence-corrected chi connectivity index (χ4v) is 4.77. The number of halogens is 1. The quantitative estimate of drug-likeness (QED) is 0.724. The summed E-state index contributed by atoms with van der Waals surface area (Å²) in [5, 5.41) is 0. The van der Waals surface area contributed by atoms with Crippen LogP contribution < -0.4 is 4.31 Å². The molecule has 148 valence electrons. The largest absolute Gasteiger partial charge is 0.465 e. The van der Waals surface area contributed by atoms with Crippen LogP contribution in [0.1, 0.15) is 32.7 Å². The highest BCUT2D eigenvalue weighted by Crippen LogP contribution is 2.34. The minimum atomic E-state index is -4.25. The molecule has 0 saturated heterocycles. The summed E-state index contributed by atoms with van der Waals surface area (Å²) < 4.78 is 51.2. The Bertz CT molecular complexity index is 1020. The van der Waals surface area contributed by atoms with Crippen molar-refractivity contribution in [3.63, 3.8) is 0 Å². The van der Waals surface area contributed by atoms with Crippen molar-refractivity contribution >= 4 is 27.6 Å². The second-order valence-corrected chi connectivity index (χ2v) is 8.02. The van der Waals surface area contributed by atoms with Crippen molar-refractivity contribution in [2.24, 2.45) is 0 Å². The van der Waals surface area contributed by atoms with E-state index in [2.05, 4.69) is 9.47 Å². The smallest absolute Gasteiger partial charge is 0.337 e. The number of para-hydroxylation sites is 1. The summed E-state index contributed by atoms with van der Waals surface area (Å²) >= 11 is 0. The van der Waals surface area contributed by atoms with Crippen LogP contribution >= 0.6 is 0 Å². The number of hydrogen-bond donors (Lipinski definition) is 0. The van der Waals surface area contributed by atoms with Gasteiger partial charge in [-0.1, -0.05) is 12.1 Å². The first kappa shape index (κ1) is 19.8. The van der Waals surface area contributed by atoms with Crippen LogP contribution in [0, 0.1) is 5.82 Å². The Balaban J connectivity index is 2.18. The molecule has 0 radical (unpaired) electrons. The Kier molecular flexibility index (Phi) is 5.37. The van der Waals surface area contributed by atoms with E-state index in [1.165, 1.54) is 18.2 Å². The van der Waals surface area contributed by atoms with Crippen molar-refractivity contribution < 1.29 is 31.9 Å². The van der Waals surface area contributed by atoms with Crippen LogP contribution in [0.25, 0.3) is 0 Å². The lowest BCUT2D eigenvalue weighted by Crippen LogP contribution is -2.36. The molecule has 9 heteroatoms. The van der Waals surface area contributed by atoms with Gasteiger partial charge in [-0.05, 0) is 42.7 Å². The molecular weight excluding hydrogens is 389 g/mol. The number of esters is 2. The van der Waals surface area contributed by atoms with E-state index in [-0.39, 0.29) is 28.3 Å². The molecule has 0 amide bonds. The number of nitrogens with zero attached hydrogens (tertiary/aromatic N) is 1. The van der Waals surface area contributed by atoms with Gasteiger partial charge in [-0.3, -0.25) is 4.31 Å². The van der Waals surface area contributed by atoms with E-state index < -0.39 is 27.8 Å². The van der Waals surface area contributed by atoms with E-state index in [0.29, 0.717) is 18.4 Å². The lowest BCUT2D eigenvalue weighted by atomic mass is 10.0. The zero-order valence-electron chi connectivity index (χ0n) is 15.3. The number of benzene rings is 2. The maximum Gasteiger partial charge on any atom is 0.337 e. The predicted molar refractivity (Wildman–Crippen MR) is 98.4 cm³/mol. The Hall–Kier alpha value is -2.94. The van der Waals surface area contributed by atoms with Crippen molar-refractivity contribution in [2.75, 3.05) is 25.1 Å². The fraction of sp³-hybridized carbons (Fsp3) is 0.263. The molecule has 0 aliphatic carbocycles. The van der Waals surface area contributed by atoms with Crippen molar-refractivity contribution in [3.8, 4) is 0 Å². The lowest BCUT2D eigenvalue weighted by molar-refractivity contribution is 0.0598. The van der Waals surface area contributed by atoms with Gasteiger partial charge in [0.15, 0.2) is 0 Å². The lowest BCUT2D eigenvalue weighted by Gasteiger charge is -2.31. The standard InChI is InChI=1S/C19H18FNO6S/c1-26-18(22)13-9-14(19(23)27-2)11-15(10-13)28(24,25)21-8-4-6-12-5-3-7-16(20)17(12)21/h3,5,7,9-11H,4,6,8H2,1-2H3. The molecule has 2 aromatic carbocycles. The first-order chi connectivity index (χ1) is 13.3. The van der Waals surface area contributed by atoms with E-state index in [1.54, 1.807) is 6.07 Å². The van der Waals surface area contributed by atoms with E-state index in [4.69, 9.17) is 0 Å². The van der Waals surface area contributed by atoms with Crippen LogP contribution in [0.4, 0.5) is 10.1 Å². The molecule has 0 saturated carbocycles. The van der Waals surface area contributed by atoms with Gasteiger partial charge in [-0.15, -0.1) is 0 Å². The minimum absolute atomic E-state index is 0.0168. The summed E-state index contributed by atoms with van der Waals surface area (Å²) in [6.07, 6.45) is 1.06. The van der Waals surface area contributed by atoms with Gasteiger partial charge in [-0.25, -0.2) is 22.4 Å². The van der Waals surface area contributed by atoms with Crippen molar-refractivity contribution in [1.82, 2.24) is 0 Å². The molecule has 1 aliphatic heterocycles. The molecule has 0 spiro atoms. The Morgan fingerprint density at radius 2 is 1.64 bits per heavy atom. The number of aryl methyl sites for hydroxylation is 1. The maximum atomic E-state index is 14.4. The molecule has 2 aromatic rings. The highest BCUT2D eigenvalue weighted by atomic mass is 32.2. The number of carbonyl (C=O) groups excluding carboxylic acids is 2. The first-order valence-electron chi connectivity index (χ1n) is 8.41. The van der Waals surface area contributed by atoms with Crippen molar-refractivity contribution in [1.29, 1.82) is 0 Å². The third-order valence-corrected chi connectivity index (χ3v) is 6.24. The average Bonchev–Trinajstić information content (AvgIpc) is 2.71. The Labute approximate surface area is 161 Å². The molecule has 0 N–H and O–H groups in total. The molecule has 1 heterocycles. The monoisotopic (exact) mass is 407 g/mol. The number of fused-ring (bicyclic) bond motifs is 1. The summed E-state index contributed by atoms with van der Waals surface area (Å²) in [5.74, 6) is -2.28. The van der Waals surface area contributed by atoms with Gasteiger partial charge >= 0.3 is 11.9 Å². The Morgan fingerprint density at radius 1 is 1.04 bits per heavy atom. The van der Waals surface area contributed by atoms with Gasteiger partial charge in [0.25, 0.3) is 10.0 Å². The van der Waals surface area contributed by atoms with E-state index in [1.807, 2.05) is 0 Å². The number of anilines is 1. The van der Waals surface area contributed by atoms with Crippen LogP contribution in [-0.2, 0) is 25.9 Å². The zero-order valence-corrected chi connectivity index (χ0v) is 16.1. The van der Waals surface area contributed by atoms with Gasteiger partial charge < -0.3 is 9.47 Å². The number of ether oxygens (including phenoxy) is 2. The van der Waals surface area contributed by atoms with Gasteiger partial charge in [0.1, 0.15) is 5.82 Å². The topological polar surface area (TPSA) is 90.0 Å². The minimum Gasteiger partial charge on any atom is -0.465 e. The number of sulfonamides is 1. The maximum absolute atomic E-state index is 14.4. The molecule has 0 bridgehead atoms. The van der Waals surface area contributed by atoms with E-state index in [0.717, 1.165) is 30.7 Å². The third kappa shape index (κ3) is 3.45. The summed E-state index contributed by atoms with van der Waals surface area (Å²) in [5.41, 5.74) is 0.300. The van der Waals surface area contributed by atoms with Crippen LogP contribution in [0.2, 0.25) is 0 Å². The van der Waals surface area contributed by atoms with E-state index >= 15 is 0 Å². The summed E-state index contributed by atoms with van der Waals surface area (Å²) in [6.45, 7) is 0.0757. The van der Waals surface area contributed by atoms with Gasteiger partial charge in [0.2, 0.25) is 0 Å². The molecular formula is C19H18FNO6S. The van der Waals surface area contributed by atoms with Gasteiger partial charge in [-0.2, -0.15) is 0 Å². The first-order valence-corrected chi connectivity index (χ1v) is 9.85. The van der Waals surface area contributed by atoms with Crippen LogP contribution in [0.15, 0.2) is 41.3 Å². The summed E-state index contributed by atoms with van der Waals surface area (Å²) in [6, 6.07) is 7.77. The van der Waals surface area contributed by atoms with E-state index in [9.17, 15) is 22.4 Å². The van der Waals surface area contributed by atoms with Crippen molar-refractivity contribution in [3.05, 3.63) is 58.9 Å². The fourth-order valence-electron chi connectivity index (χ4n) is 3.15.